The van der Waals surface area contributed by atoms with Gasteiger partial charge in [0.1, 0.15) is 0 Å². The Hall–Kier alpha value is -1.56. The minimum atomic E-state index is -4.43. The molecule has 0 spiro atoms. The van der Waals surface area contributed by atoms with Crippen LogP contribution in [0.4, 0.5) is 13.2 Å². The third-order valence-electron chi connectivity index (χ3n) is 3.20. The molecule has 0 bridgehead atoms. The van der Waals surface area contributed by atoms with Crippen LogP contribution < -0.4 is 5.32 Å². The number of benzene rings is 1. The zero-order chi connectivity index (χ0) is 14.0. The van der Waals surface area contributed by atoms with Crippen LogP contribution in [0.2, 0.25) is 0 Å². The Kier molecular flexibility index (Phi) is 3.80. The third kappa shape index (κ3) is 3.07. The van der Waals surface area contributed by atoms with Gasteiger partial charge in [-0.1, -0.05) is 6.07 Å². The summed E-state index contributed by atoms with van der Waals surface area (Å²) in [6.45, 7) is 3.70. The van der Waals surface area contributed by atoms with Gasteiger partial charge in [0.05, 0.1) is 5.56 Å². The topological polar surface area (TPSA) is 32.3 Å². The largest absolute Gasteiger partial charge is 0.416 e. The van der Waals surface area contributed by atoms with E-state index in [-0.39, 0.29) is 17.5 Å². The number of alkyl halides is 3. The first-order chi connectivity index (χ1) is 8.89. The lowest BCUT2D eigenvalue weighted by molar-refractivity contribution is -0.137. The van der Waals surface area contributed by atoms with Gasteiger partial charge in [-0.3, -0.25) is 4.79 Å². The number of amides is 1. The molecule has 19 heavy (non-hydrogen) atoms. The number of hydrogen-bond donors (Lipinski definition) is 1. The molecule has 0 saturated carbocycles. The number of nitrogens with zero attached hydrogens (tertiary/aromatic N) is 1. The highest BCUT2D eigenvalue weighted by atomic mass is 19.4. The molecule has 1 aliphatic heterocycles. The van der Waals surface area contributed by atoms with Crippen LogP contribution in [0, 0.1) is 0 Å². The van der Waals surface area contributed by atoms with E-state index in [1.54, 1.807) is 4.90 Å². The molecule has 1 atom stereocenters. The summed E-state index contributed by atoms with van der Waals surface area (Å²) in [7, 11) is 0. The number of carbonyl (C=O) groups excluding carboxylic acids is 1. The Morgan fingerprint density at radius 1 is 1.42 bits per heavy atom. The van der Waals surface area contributed by atoms with Crippen LogP contribution in [0.1, 0.15) is 22.8 Å². The summed E-state index contributed by atoms with van der Waals surface area (Å²) in [5.41, 5.74) is -0.704. The normalized spacial score (nSPS) is 20.4. The first kappa shape index (κ1) is 13.9. The average molecular weight is 272 g/mol. The predicted octanol–water partition coefficient (Wildman–Crippen LogP) is 2.14. The summed E-state index contributed by atoms with van der Waals surface area (Å²) in [6, 6.07) is 4.56. The van der Waals surface area contributed by atoms with Crippen molar-refractivity contribution in [2.75, 3.05) is 19.6 Å². The molecule has 1 N–H and O–H groups in total. The first-order valence-electron chi connectivity index (χ1n) is 6.08. The fourth-order valence-electron chi connectivity index (χ4n) is 2.14. The maximum Gasteiger partial charge on any atom is 0.416 e. The highest BCUT2D eigenvalue weighted by Gasteiger charge is 2.32. The minimum absolute atomic E-state index is 0.0178. The quantitative estimate of drug-likeness (QED) is 0.849. The van der Waals surface area contributed by atoms with Crippen LogP contribution in [-0.2, 0) is 6.18 Å². The second-order valence-corrected chi connectivity index (χ2v) is 4.63. The molecule has 0 aromatic heterocycles. The van der Waals surface area contributed by atoms with Crippen LogP contribution in [0.25, 0.3) is 0 Å². The van der Waals surface area contributed by atoms with Crippen molar-refractivity contribution in [3.05, 3.63) is 35.4 Å². The second kappa shape index (κ2) is 5.21. The summed E-state index contributed by atoms with van der Waals surface area (Å²) in [5.74, 6) is -0.347. The van der Waals surface area contributed by atoms with Crippen LogP contribution in [0.15, 0.2) is 24.3 Å². The Morgan fingerprint density at radius 2 is 2.16 bits per heavy atom. The molecule has 2 rings (SSSR count). The lowest BCUT2D eigenvalue weighted by Crippen LogP contribution is -2.52. The molecule has 1 saturated heterocycles. The monoisotopic (exact) mass is 272 g/mol. The van der Waals surface area contributed by atoms with Crippen molar-refractivity contribution >= 4 is 5.91 Å². The number of piperazine rings is 1. The van der Waals surface area contributed by atoms with Gasteiger partial charge < -0.3 is 10.2 Å². The lowest BCUT2D eigenvalue weighted by atomic mass is 10.1. The summed E-state index contributed by atoms with van der Waals surface area (Å²) in [6.07, 6.45) is -4.43. The molecular weight excluding hydrogens is 257 g/mol. The van der Waals surface area contributed by atoms with Gasteiger partial charge in [-0.15, -0.1) is 0 Å². The van der Waals surface area contributed by atoms with Crippen molar-refractivity contribution in [1.29, 1.82) is 0 Å². The van der Waals surface area contributed by atoms with Crippen molar-refractivity contribution in [3.8, 4) is 0 Å². The molecule has 6 heteroatoms. The summed E-state index contributed by atoms with van der Waals surface area (Å²) < 4.78 is 37.8. The van der Waals surface area contributed by atoms with Crippen LogP contribution >= 0.6 is 0 Å². The molecule has 1 aliphatic rings. The zero-order valence-electron chi connectivity index (χ0n) is 10.5. The van der Waals surface area contributed by atoms with Gasteiger partial charge in [0.25, 0.3) is 5.91 Å². The second-order valence-electron chi connectivity index (χ2n) is 4.63. The van der Waals surface area contributed by atoms with Gasteiger partial charge in [0, 0.05) is 31.2 Å². The van der Waals surface area contributed by atoms with Crippen LogP contribution in [-0.4, -0.2) is 36.5 Å². The first-order valence-corrected chi connectivity index (χ1v) is 6.08. The van der Waals surface area contributed by atoms with Gasteiger partial charge >= 0.3 is 6.18 Å². The van der Waals surface area contributed by atoms with Crippen molar-refractivity contribution in [2.24, 2.45) is 0 Å². The van der Waals surface area contributed by atoms with E-state index in [1.165, 1.54) is 12.1 Å². The predicted molar refractivity (Wildman–Crippen MR) is 64.8 cm³/mol. The van der Waals surface area contributed by atoms with Gasteiger partial charge in [-0.05, 0) is 25.1 Å². The molecule has 0 aliphatic carbocycles. The fraction of sp³-hybridized carbons (Fsp3) is 0.462. The van der Waals surface area contributed by atoms with E-state index in [0.717, 1.165) is 12.1 Å². The molecule has 1 unspecified atom stereocenters. The van der Waals surface area contributed by atoms with Gasteiger partial charge in [0.2, 0.25) is 0 Å². The highest BCUT2D eigenvalue weighted by Crippen LogP contribution is 2.29. The molecule has 1 fully saturated rings. The molecule has 1 amide bonds. The SMILES string of the molecule is CC1CNCCN1C(=O)c1cccc(C(F)(F)F)c1. The Morgan fingerprint density at radius 3 is 2.79 bits per heavy atom. The number of nitrogens with one attached hydrogen (secondary N) is 1. The molecular formula is C13H15F3N2O. The molecule has 0 radical (unpaired) electrons. The Labute approximate surface area is 109 Å². The number of hydrogen-bond acceptors (Lipinski definition) is 2. The van der Waals surface area contributed by atoms with E-state index in [4.69, 9.17) is 0 Å². The van der Waals surface area contributed by atoms with E-state index < -0.39 is 11.7 Å². The zero-order valence-corrected chi connectivity index (χ0v) is 10.5. The van der Waals surface area contributed by atoms with Gasteiger partial charge in [-0.25, -0.2) is 0 Å². The standard InChI is InChI=1S/C13H15F3N2O/c1-9-8-17-5-6-18(9)12(19)10-3-2-4-11(7-10)13(14,15)16/h2-4,7,9,17H,5-6,8H2,1H3. The number of carbonyl (C=O) groups is 1. The maximum atomic E-state index is 12.6. The molecule has 1 heterocycles. The molecule has 104 valence electrons. The maximum absolute atomic E-state index is 12.6. The fourth-order valence-corrected chi connectivity index (χ4v) is 2.14. The number of rotatable bonds is 1. The van der Waals surface area contributed by atoms with Crippen LogP contribution in [0.3, 0.4) is 0 Å². The Bertz CT molecular complexity index is 473. The highest BCUT2D eigenvalue weighted by molar-refractivity contribution is 5.94. The third-order valence-corrected chi connectivity index (χ3v) is 3.20. The van der Waals surface area contributed by atoms with E-state index in [9.17, 15) is 18.0 Å². The average Bonchev–Trinajstić information content (AvgIpc) is 2.38. The summed E-state index contributed by atoms with van der Waals surface area (Å²) in [4.78, 5) is 13.8. The van der Waals surface area contributed by atoms with E-state index in [1.807, 2.05) is 6.92 Å². The molecule has 3 nitrogen and oxygen atoms in total. The van der Waals surface area contributed by atoms with E-state index in [2.05, 4.69) is 5.32 Å². The van der Waals surface area contributed by atoms with Crippen LogP contribution in [0.5, 0.6) is 0 Å². The van der Waals surface area contributed by atoms with Crippen molar-refractivity contribution < 1.29 is 18.0 Å². The molecule has 1 aromatic carbocycles. The lowest BCUT2D eigenvalue weighted by Gasteiger charge is -2.34. The van der Waals surface area contributed by atoms with E-state index in [0.29, 0.717) is 19.6 Å². The van der Waals surface area contributed by atoms with Crippen molar-refractivity contribution in [1.82, 2.24) is 10.2 Å². The van der Waals surface area contributed by atoms with Gasteiger partial charge in [0.15, 0.2) is 0 Å². The van der Waals surface area contributed by atoms with Gasteiger partial charge in [-0.2, -0.15) is 13.2 Å². The Balaban J connectivity index is 2.24. The smallest absolute Gasteiger partial charge is 0.333 e. The summed E-state index contributed by atoms with van der Waals surface area (Å²) >= 11 is 0. The van der Waals surface area contributed by atoms with E-state index >= 15 is 0 Å². The van der Waals surface area contributed by atoms with Crippen molar-refractivity contribution in [3.63, 3.8) is 0 Å². The number of halogens is 3. The molecule has 1 aromatic rings. The summed E-state index contributed by atoms with van der Waals surface area (Å²) in [5, 5.41) is 3.13. The minimum Gasteiger partial charge on any atom is -0.333 e. The van der Waals surface area contributed by atoms with Crippen molar-refractivity contribution in [2.45, 2.75) is 19.1 Å².